The number of nitriles is 2. The summed E-state index contributed by atoms with van der Waals surface area (Å²) >= 11 is 0. The Morgan fingerprint density at radius 3 is 1.51 bits per heavy atom. The van der Waals surface area contributed by atoms with Gasteiger partial charge in [-0.15, -0.1) is 0 Å². The summed E-state index contributed by atoms with van der Waals surface area (Å²) in [6.45, 7) is 0. The van der Waals surface area contributed by atoms with E-state index < -0.39 is 8.07 Å². The smallest absolute Gasteiger partial charge is 0.201 e. The average Bonchev–Trinajstić information content (AvgIpc) is 3.77. The van der Waals surface area contributed by atoms with Crippen molar-refractivity contribution in [2.75, 3.05) is 0 Å². The molecule has 0 amide bonds. The third-order valence-corrected chi connectivity index (χ3v) is 15.6. The van der Waals surface area contributed by atoms with E-state index in [-0.39, 0.29) is 0 Å². The molecule has 256 valence electrons. The van der Waals surface area contributed by atoms with E-state index in [0.29, 0.717) is 11.1 Å². The van der Waals surface area contributed by atoms with Crippen molar-refractivity contribution < 1.29 is 0 Å². The quantitative estimate of drug-likeness (QED) is 0.128. The maximum atomic E-state index is 9.97. The zero-order valence-electron chi connectivity index (χ0n) is 29.6. The van der Waals surface area contributed by atoms with Crippen LogP contribution in [0.1, 0.15) is 11.1 Å². The van der Waals surface area contributed by atoms with Crippen LogP contribution in [0, 0.1) is 22.7 Å². The Balaban J connectivity index is 1.25. The van der Waals surface area contributed by atoms with E-state index in [2.05, 4.69) is 161 Å². The molecule has 3 aromatic heterocycles. The molecule has 0 aliphatic rings. The first-order valence-corrected chi connectivity index (χ1v) is 20.3. The van der Waals surface area contributed by atoms with Crippen LogP contribution in [0.5, 0.6) is 0 Å². The Morgan fingerprint density at radius 2 is 0.873 bits per heavy atom. The molecule has 0 aliphatic heterocycles. The summed E-state index contributed by atoms with van der Waals surface area (Å²) in [7, 11) is -3.05. The maximum absolute atomic E-state index is 9.97. The summed E-state index contributed by atoms with van der Waals surface area (Å²) in [4.78, 5) is 5.70. The second-order valence-electron chi connectivity index (χ2n) is 13.8. The van der Waals surface area contributed by atoms with E-state index in [9.17, 15) is 10.5 Å². The second kappa shape index (κ2) is 12.9. The van der Waals surface area contributed by atoms with E-state index in [1.165, 1.54) is 15.6 Å². The number of nitrogens with zero attached hydrogens (tertiary/aromatic N) is 5. The molecular formula is C49H31N5Si. The summed E-state index contributed by atoms with van der Waals surface area (Å²) in [6.07, 6.45) is 0. The molecule has 3 heterocycles. The molecule has 10 rings (SSSR count). The minimum Gasteiger partial charge on any atom is -0.309 e. The summed E-state index contributed by atoms with van der Waals surface area (Å²) < 4.78 is 4.54. The van der Waals surface area contributed by atoms with Crippen LogP contribution in [0.2, 0.25) is 0 Å². The molecule has 0 N–H and O–H groups in total. The Hall–Kier alpha value is -7.51. The molecule has 5 nitrogen and oxygen atoms in total. The van der Waals surface area contributed by atoms with Gasteiger partial charge in [-0.25, -0.2) is 0 Å². The van der Waals surface area contributed by atoms with Gasteiger partial charge in [-0.2, -0.15) is 10.5 Å². The first kappa shape index (κ1) is 32.2. The Morgan fingerprint density at radius 1 is 0.400 bits per heavy atom. The van der Waals surface area contributed by atoms with Gasteiger partial charge in [-0.3, -0.25) is 4.98 Å². The third kappa shape index (κ3) is 4.94. The summed E-state index contributed by atoms with van der Waals surface area (Å²) in [5.41, 5.74) is 8.35. The van der Waals surface area contributed by atoms with Crippen LogP contribution < -0.4 is 20.9 Å². The van der Waals surface area contributed by atoms with Crippen molar-refractivity contribution in [3.05, 3.63) is 199 Å². The lowest BCUT2D eigenvalue weighted by Crippen LogP contribution is -2.75. The standard InChI is InChI=1S/C49H31N5Si/c50-32-34-20-26-45-42(30-34)41-18-10-11-19-44(41)53(45)37-22-24-40(25-23-37)55(38-14-6-2-7-15-38,39-16-8-3-9-17-39)48-29-28-47-49(52-48)43-31-35(33-51)21-27-46(43)54(47)36-12-4-1-5-13-36/h1-31H. The number of aromatic nitrogens is 3. The predicted molar refractivity (Wildman–Crippen MR) is 226 cm³/mol. The van der Waals surface area contributed by atoms with Gasteiger partial charge >= 0.3 is 0 Å². The van der Waals surface area contributed by atoms with Gasteiger partial charge in [0.2, 0.25) is 8.07 Å². The zero-order valence-corrected chi connectivity index (χ0v) is 30.6. The number of pyridine rings is 1. The minimum atomic E-state index is -3.05. The normalized spacial score (nSPS) is 11.6. The van der Waals surface area contributed by atoms with Crippen LogP contribution in [-0.4, -0.2) is 22.2 Å². The maximum Gasteiger partial charge on any atom is 0.201 e. The molecule has 6 heteroatoms. The van der Waals surface area contributed by atoms with Crippen LogP contribution in [0.3, 0.4) is 0 Å². The molecule has 0 spiro atoms. The molecule has 55 heavy (non-hydrogen) atoms. The van der Waals surface area contributed by atoms with Crippen molar-refractivity contribution in [2.45, 2.75) is 0 Å². The average molecular weight is 718 g/mol. The van der Waals surface area contributed by atoms with Crippen LogP contribution >= 0.6 is 0 Å². The third-order valence-electron chi connectivity index (χ3n) is 10.9. The molecule has 10 aromatic rings. The van der Waals surface area contributed by atoms with Crippen molar-refractivity contribution in [3.63, 3.8) is 0 Å². The Kier molecular flexibility index (Phi) is 7.52. The monoisotopic (exact) mass is 717 g/mol. The number of benzene rings is 7. The SMILES string of the molecule is N#Cc1ccc2c(c1)c1ccccc1n2-c1ccc([Si](c2ccccc2)(c2ccccc2)c2ccc3c(n2)c2cc(C#N)ccc2n3-c2ccccc2)cc1. The van der Waals surface area contributed by atoms with Gasteiger partial charge in [-0.1, -0.05) is 109 Å². The molecule has 0 unspecified atom stereocenters. The molecule has 0 bridgehead atoms. The number of fused-ring (bicyclic) bond motifs is 6. The highest BCUT2D eigenvalue weighted by atomic mass is 28.3. The summed E-state index contributed by atoms with van der Waals surface area (Å²) in [5, 5.41) is 27.5. The largest absolute Gasteiger partial charge is 0.309 e. The van der Waals surface area contributed by atoms with Crippen molar-refractivity contribution in [1.82, 2.24) is 14.1 Å². The first-order chi connectivity index (χ1) is 27.2. The molecule has 0 atom stereocenters. The molecular weight excluding hydrogens is 687 g/mol. The Bertz CT molecular complexity index is 3110. The van der Waals surface area contributed by atoms with Crippen molar-refractivity contribution in [2.24, 2.45) is 0 Å². The van der Waals surface area contributed by atoms with Gasteiger partial charge in [0, 0.05) is 32.9 Å². The van der Waals surface area contributed by atoms with Gasteiger partial charge in [0.1, 0.15) is 0 Å². The van der Waals surface area contributed by atoms with E-state index in [0.717, 1.165) is 60.4 Å². The van der Waals surface area contributed by atoms with Gasteiger partial charge in [0.05, 0.1) is 50.8 Å². The van der Waals surface area contributed by atoms with Gasteiger partial charge in [0.15, 0.2) is 0 Å². The molecule has 0 saturated carbocycles. The number of hydrogen-bond acceptors (Lipinski definition) is 3. The topological polar surface area (TPSA) is 70.3 Å². The highest BCUT2D eigenvalue weighted by molar-refractivity contribution is 7.19. The van der Waals surface area contributed by atoms with E-state index in [1.54, 1.807) is 0 Å². The van der Waals surface area contributed by atoms with Gasteiger partial charge in [-0.05, 0) is 94.4 Å². The molecule has 0 aliphatic carbocycles. The Labute approximate surface area is 318 Å². The number of para-hydroxylation sites is 2. The van der Waals surface area contributed by atoms with Crippen LogP contribution in [0.15, 0.2) is 188 Å². The number of hydrogen-bond donors (Lipinski definition) is 0. The summed E-state index contributed by atoms with van der Waals surface area (Å²) in [6, 6.07) is 70.4. The lowest BCUT2D eigenvalue weighted by atomic mass is 10.1. The van der Waals surface area contributed by atoms with Crippen LogP contribution in [-0.2, 0) is 0 Å². The minimum absolute atomic E-state index is 0.603. The fourth-order valence-corrected chi connectivity index (χ4v) is 13.1. The molecule has 0 saturated heterocycles. The van der Waals surface area contributed by atoms with Crippen molar-refractivity contribution >= 4 is 72.7 Å². The van der Waals surface area contributed by atoms with Crippen molar-refractivity contribution in [3.8, 4) is 23.5 Å². The fraction of sp³-hybridized carbons (Fsp3) is 0. The van der Waals surface area contributed by atoms with Crippen molar-refractivity contribution in [1.29, 1.82) is 10.5 Å². The van der Waals surface area contributed by atoms with Crippen LogP contribution in [0.25, 0.3) is 55.1 Å². The molecule has 7 aromatic carbocycles. The first-order valence-electron chi connectivity index (χ1n) is 18.3. The lowest BCUT2D eigenvalue weighted by molar-refractivity contribution is 1.18. The number of rotatable bonds is 6. The summed E-state index contributed by atoms with van der Waals surface area (Å²) in [5.74, 6) is 0. The lowest BCUT2D eigenvalue weighted by Gasteiger charge is -2.33. The van der Waals surface area contributed by atoms with E-state index in [4.69, 9.17) is 4.98 Å². The van der Waals surface area contributed by atoms with Crippen LogP contribution in [0.4, 0.5) is 0 Å². The second-order valence-corrected chi connectivity index (χ2v) is 17.5. The fourth-order valence-electron chi connectivity index (χ4n) is 8.52. The molecule has 0 radical (unpaired) electrons. The predicted octanol–water partition coefficient (Wildman–Crippen LogP) is 8.40. The van der Waals surface area contributed by atoms with Gasteiger partial charge in [0.25, 0.3) is 0 Å². The van der Waals surface area contributed by atoms with E-state index >= 15 is 0 Å². The highest BCUT2D eigenvalue weighted by Gasteiger charge is 2.43. The highest BCUT2D eigenvalue weighted by Crippen LogP contribution is 2.34. The van der Waals surface area contributed by atoms with E-state index in [1.807, 2.05) is 48.5 Å². The van der Waals surface area contributed by atoms with Gasteiger partial charge < -0.3 is 9.13 Å². The zero-order chi connectivity index (χ0) is 36.9. The molecule has 0 fully saturated rings.